The largest absolute Gasteiger partial charge is 0.372 e. The lowest BCUT2D eigenvalue weighted by atomic mass is 9.92. The molecule has 2 rings (SSSR count). The van der Waals surface area contributed by atoms with Gasteiger partial charge < -0.3 is 10.1 Å². The number of nitrogens with one attached hydrogen (secondary N) is 1. The Labute approximate surface area is 102 Å². The minimum atomic E-state index is -0.389. The molecule has 2 nitrogen and oxygen atoms in total. The van der Waals surface area contributed by atoms with Gasteiger partial charge >= 0.3 is 0 Å². The Bertz CT molecular complexity index is 344. The van der Waals surface area contributed by atoms with Crippen molar-refractivity contribution in [2.75, 3.05) is 13.2 Å². The van der Waals surface area contributed by atoms with E-state index in [0.717, 1.165) is 12.0 Å². The lowest BCUT2D eigenvalue weighted by molar-refractivity contribution is 0.0637. The zero-order valence-electron chi connectivity index (χ0n) is 10.2. The first kappa shape index (κ1) is 12.5. The number of ether oxygens (including phenoxy) is 1. The van der Waals surface area contributed by atoms with Gasteiger partial charge in [-0.2, -0.15) is 0 Å². The summed E-state index contributed by atoms with van der Waals surface area (Å²) < 4.78 is 19.1. The third-order valence-electron chi connectivity index (χ3n) is 3.59. The van der Waals surface area contributed by atoms with Crippen LogP contribution < -0.4 is 5.32 Å². The number of halogens is 1. The van der Waals surface area contributed by atoms with E-state index >= 15 is 0 Å². The molecule has 0 aromatic heterocycles. The average Bonchev–Trinajstić information content (AvgIpc) is 2.26. The van der Waals surface area contributed by atoms with E-state index in [2.05, 4.69) is 18.5 Å². The van der Waals surface area contributed by atoms with Crippen molar-refractivity contribution >= 4 is 0 Å². The van der Waals surface area contributed by atoms with E-state index in [4.69, 9.17) is 4.74 Å². The van der Waals surface area contributed by atoms with E-state index in [1.165, 1.54) is 19.3 Å². The summed E-state index contributed by atoms with van der Waals surface area (Å²) in [6.07, 6.45) is 5.96. The van der Waals surface area contributed by atoms with Crippen molar-refractivity contribution in [2.45, 2.75) is 37.8 Å². The molecule has 1 heterocycles. The van der Waals surface area contributed by atoms with E-state index in [1.807, 2.05) is 0 Å². The number of rotatable bonds is 5. The molecule has 0 spiro atoms. The molecule has 0 aromatic carbocycles. The number of allylic oxidation sites excluding steroid dienone is 1. The summed E-state index contributed by atoms with van der Waals surface area (Å²) >= 11 is 0. The molecule has 1 atom stereocenters. The summed E-state index contributed by atoms with van der Waals surface area (Å²) in [7, 11) is 0. The van der Waals surface area contributed by atoms with Crippen LogP contribution in [0.25, 0.3) is 0 Å². The van der Waals surface area contributed by atoms with Gasteiger partial charge in [-0.1, -0.05) is 25.7 Å². The summed E-state index contributed by atoms with van der Waals surface area (Å²) in [6.45, 7) is 8.44. The highest BCUT2D eigenvalue weighted by molar-refractivity contribution is 5.39. The topological polar surface area (TPSA) is 21.3 Å². The van der Waals surface area contributed by atoms with Crippen molar-refractivity contribution in [3.8, 4) is 0 Å². The second-order valence-corrected chi connectivity index (χ2v) is 4.69. The number of hydrogen-bond acceptors (Lipinski definition) is 2. The Morgan fingerprint density at radius 2 is 2.29 bits per heavy atom. The second-order valence-electron chi connectivity index (χ2n) is 4.69. The molecule has 1 aliphatic heterocycles. The normalized spacial score (nSPS) is 25.6. The summed E-state index contributed by atoms with van der Waals surface area (Å²) in [5.74, 6) is -0.389. The molecule has 0 aromatic rings. The van der Waals surface area contributed by atoms with Gasteiger partial charge in [0, 0.05) is 18.2 Å². The standard InChI is InChI=1S/C14H20FNO/c1-3-11-7-8-17-13(14(11)10(2)15)9-16-12-5-4-6-12/h3,12-13,16H,1-2,4-9H2. The first-order chi connectivity index (χ1) is 8.22. The molecule has 1 fully saturated rings. The van der Waals surface area contributed by atoms with Gasteiger partial charge in [-0.25, -0.2) is 4.39 Å². The maximum Gasteiger partial charge on any atom is 0.122 e. The van der Waals surface area contributed by atoms with E-state index in [-0.39, 0.29) is 11.9 Å². The lowest BCUT2D eigenvalue weighted by Crippen LogP contribution is -2.42. The summed E-state index contributed by atoms with van der Waals surface area (Å²) in [5, 5.41) is 3.42. The van der Waals surface area contributed by atoms with Crippen LogP contribution in [-0.2, 0) is 4.74 Å². The predicted molar refractivity (Wildman–Crippen MR) is 67.5 cm³/mol. The molecule has 3 heteroatoms. The van der Waals surface area contributed by atoms with Crippen LogP contribution >= 0.6 is 0 Å². The van der Waals surface area contributed by atoms with Crippen LogP contribution in [0.15, 0.2) is 36.2 Å². The van der Waals surface area contributed by atoms with Crippen LogP contribution in [0.5, 0.6) is 0 Å². The van der Waals surface area contributed by atoms with Gasteiger partial charge in [-0.3, -0.25) is 0 Å². The monoisotopic (exact) mass is 237 g/mol. The summed E-state index contributed by atoms with van der Waals surface area (Å²) in [5.41, 5.74) is 1.53. The summed E-state index contributed by atoms with van der Waals surface area (Å²) in [4.78, 5) is 0. The quantitative estimate of drug-likeness (QED) is 0.794. The predicted octanol–water partition coefficient (Wildman–Crippen LogP) is 2.88. The van der Waals surface area contributed by atoms with Gasteiger partial charge in [0.1, 0.15) is 5.83 Å². The van der Waals surface area contributed by atoms with Gasteiger partial charge in [0.2, 0.25) is 0 Å². The zero-order chi connectivity index (χ0) is 12.3. The molecule has 17 heavy (non-hydrogen) atoms. The van der Waals surface area contributed by atoms with Crippen molar-refractivity contribution in [1.29, 1.82) is 0 Å². The van der Waals surface area contributed by atoms with E-state index < -0.39 is 0 Å². The van der Waals surface area contributed by atoms with E-state index in [0.29, 0.717) is 24.8 Å². The highest BCUT2D eigenvalue weighted by Gasteiger charge is 2.26. The van der Waals surface area contributed by atoms with Gasteiger partial charge in [0.25, 0.3) is 0 Å². The van der Waals surface area contributed by atoms with Crippen LogP contribution in [0.3, 0.4) is 0 Å². The molecule has 0 amide bonds. The lowest BCUT2D eigenvalue weighted by Gasteiger charge is -2.32. The molecule has 0 radical (unpaired) electrons. The van der Waals surface area contributed by atoms with Gasteiger partial charge in [-0.05, 0) is 24.8 Å². The molecule has 2 aliphatic rings. The Balaban J connectivity index is 2.02. The Hall–Kier alpha value is -0.930. The minimum Gasteiger partial charge on any atom is -0.372 e. The van der Waals surface area contributed by atoms with Gasteiger partial charge in [-0.15, -0.1) is 0 Å². The maximum atomic E-state index is 13.5. The molecule has 0 bridgehead atoms. The number of hydrogen-bond donors (Lipinski definition) is 1. The van der Waals surface area contributed by atoms with Crippen LogP contribution in [-0.4, -0.2) is 25.3 Å². The summed E-state index contributed by atoms with van der Waals surface area (Å²) in [6, 6.07) is 0.585. The van der Waals surface area contributed by atoms with E-state index in [9.17, 15) is 4.39 Å². The first-order valence-electron chi connectivity index (χ1n) is 6.27. The highest BCUT2D eigenvalue weighted by atomic mass is 19.1. The van der Waals surface area contributed by atoms with Gasteiger partial charge in [0.15, 0.2) is 0 Å². The van der Waals surface area contributed by atoms with Crippen LogP contribution in [0, 0.1) is 0 Å². The van der Waals surface area contributed by atoms with Crippen molar-refractivity contribution in [1.82, 2.24) is 5.32 Å². The smallest absolute Gasteiger partial charge is 0.122 e. The molecule has 1 unspecified atom stereocenters. The minimum absolute atomic E-state index is 0.213. The molecular weight excluding hydrogens is 217 g/mol. The highest BCUT2D eigenvalue weighted by Crippen LogP contribution is 2.28. The van der Waals surface area contributed by atoms with E-state index in [1.54, 1.807) is 6.08 Å². The van der Waals surface area contributed by atoms with Crippen molar-refractivity contribution in [3.63, 3.8) is 0 Å². The first-order valence-corrected chi connectivity index (χ1v) is 6.27. The third-order valence-corrected chi connectivity index (χ3v) is 3.59. The Morgan fingerprint density at radius 1 is 1.53 bits per heavy atom. The Kier molecular flexibility index (Phi) is 4.13. The SMILES string of the molecule is C=CC1=C(C(=C)F)C(CNC2CCC2)OCC1. The van der Waals surface area contributed by atoms with Crippen LogP contribution in [0.1, 0.15) is 25.7 Å². The second kappa shape index (κ2) is 5.61. The van der Waals surface area contributed by atoms with Crippen molar-refractivity contribution < 1.29 is 9.13 Å². The average molecular weight is 237 g/mol. The van der Waals surface area contributed by atoms with Crippen LogP contribution in [0.2, 0.25) is 0 Å². The zero-order valence-corrected chi connectivity index (χ0v) is 10.2. The molecule has 94 valence electrons. The van der Waals surface area contributed by atoms with Crippen molar-refractivity contribution in [2.24, 2.45) is 0 Å². The fourth-order valence-corrected chi connectivity index (χ4v) is 2.34. The molecule has 1 N–H and O–H groups in total. The molecule has 1 aliphatic carbocycles. The molecular formula is C14H20FNO. The fraction of sp³-hybridized carbons (Fsp3) is 0.571. The van der Waals surface area contributed by atoms with Crippen LogP contribution in [0.4, 0.5) is 4.39 Å². The Morgan fingerprint density at radius 3 is 2.82 bits per heavy atom. The molecule has 0 saturated heterocycles. The fourth-order valence-electron chi connectivity index (χ4n) is 2.34. The maximum absolute atomic E-state index is 13.5. The van der Waals surface area contributed by atoms with Gasteiger partial charge in [0.05, 0.1) is 12.7 Å². The van der Waals surface area contributed by atoms with Crippen molar-refractivity contribution in [3.05, 3.63) is 36.2 Å². The third kappa shape index (κ3) is 2.85. The molecule has 1 saturated carbocycles.